The summed E-state index contributed by atoms with van der Waals surface area (Å²) in [6, 6.07) is 5.10. The van der Waals surface area contributed by atoms with Crippen molar-refractivity contribution in [1.82, 2.24) is 0 Å². The van der Waals surface area contributed by atoms with E-state index in [-0.39, 0.29) is 15.6 Å². The number of carbonyl (C=O) groups is 1. The van der Waals surface area contributed by atoms with Gasteiger partial charge in [0.25, 0.3) is 5.78 Å². The molecule has 0 aromatic heterocycles. The zero-order valence-corrected chi connectivity index (χ0v) is 9.57. The first-order valence-electron chi connectivity index (χ1n) is 4.23. The molecule has 0 saturated heterocycles. The largest absolute Gasteiger partial charge is 0.451 e. The molecule has 0 aliphatic heterocycles. The number of rotatable bonds is 2. The number of benzene rings is 1. The summed E-state index contributed by atoms with van der Waals surface area (Å²) >= 11 is 11.3. The molecule has 1 unspecified atom stereocenters. The van der Waals surface area contributed by atoms with Crippen LogP contribution in [0.3, 0.4) is 0 Å². The average Bonchev–Trinajstić information content (AvgIpc) is 2.23. The molecule has 17 heavy (non-hydrogen) atoms. The predicted molar refractivity (Wildman–Crippen MR) is 55.9 cm³/mol. The molecule has 0 amide bonds. The van der Waals surface area contributed by atoms with Gasteiger partial charge < -0.3 is 0 Å². The van der Waals surface area contributed by atoms with E-state index in [1.807, 2.05) is 0 Å². The Labute approximate surface area is 105 Å². The number of hydrogen-bond acceptors (Lipinski definition) is 2. The van der Waals surface area contributed by atoms with Gasteiger partial charge in [-0.15, -0.1) is 0 Å². The van der Waals surface area contributed by atoms with Crippen LogP contribution >= 0.6 is 23.2 Å². The van der Waals surface area contributed by atoms with E-state index in [4.69, 9.17) is 28.5 Å². The van der Waals surface area contributed by atoms with Gasteiger partial charge in [-0.1, -0.05) is 35.3 Å². The molecule has 0 bridgehead atoms. The summed E-state index contributed by atoms with van der Waals surface area (Å²) in [6.07, 6.45) is -5.09. The van der Waals surface area contributed by atoms with Gasteiger partial charge in [0.15, 0.2) is 0 Å². The minimum atomic E-state index is -5.09. The molecule has 1 aromatic rings. The Kier molecular flexibility index (Phi) is 4.02. The first-order valence-corrected chi connectivity index (χ1v) is 4.99. The van der Waals surface area contributed by atoms with Crippen molar-refractivity contribution < 1.29 is 18.0 Å². The molecule has 0 aliphatic carbocycles. The Hall–Kier alpha value is -1.25. The molecule has 7 heteroatoms. The van der Waals surface area contributed by atoms with Crippen LogP contribution in [0.5, 0.6) is 0 Å². The van der Waals surface area contributed by atoms with E-state index in [1.54, 1.807) is 0 Å². The topological polar surface area (TPSA) is 40.9 Å². The third kappa shape index (κ3) is 2.90. The molecule has 0 aliphatic rings. The van der Waals surface area contributed by atoms with Crippen molar-refractivity contribution in [2.75, 3.05) is 0 Å². The van der Waals surface area contributed by atoms with Crippen molar-refractivity contribution in [1.29, 1.82) is 5.26 Å². The van der Waals surface area contributed by atoms with Crippen molar-refractivity contribution in [3.63, 3.8) is 0 Å². The van der Waals surface area contributed by atoms with Gasteiger partial charge in [-0.3, -0.25) is 4.79 Å². The van der Waals surface area contributed by atoms with E-state index in [9.17, 15) is 18.0 Å². The zero-order valence-electron chi connectivity index (χ0n) is 8.05. The maximum absolute atomic E-state index is 12.2. The molecule has 0 saturated carbocycles. The first-order chi connectivity index (χ1) is 7.79. The van der Waals surface area contributed by atoms with E-state index in [0.29, 0.717) is 0 Å². The van der Waals surface area contributed by atoms with E-state index < -0.39 is 17.9 Å². The number of nitrogens with zero attached hydrogens (tertiary/aromatic N) is 1. The molecule has 90 valence electrons. The molecule has 0 N–H and O–H groups in total. The van der Waals surface area contributed by atoms with Crippen LogP contribution in [0, 0.1) is 11.3 Å². The summed E-state index contributed by atoms with van der Waals surface area (Å²) in [6.45, 7) is 0. The summed E-state index contributed by atoms with van der Waals surface area (Å²) in [7, 11) is 0. The van der Waals surface area contributed by atoms with Crippen LogP contribution in [0.4, 0.5) is 13.2 Å². The van der Waals surface area contributed by atoms with Crippen molar-refractivity contribution in [3.05, 3.63) is 33.8 Å². The van der Waals surface area contributed by atoms with Gasteiger partial charge in [0, 0.05) is 0 Å². The van der Waals surface area contributed by atoms with Gasteiger partial charge in [-0.05, 0) is 11.6 Å². The lowest BCUT2D eigenvalue weighted by Gasteiger charge is -2.12. The van der Waals surface area contributed by atoms with Crippen molar-refractivity contribution in [3.8, 4) is 6.07 Å². The summed E-state index contributed by atoms with van der Waals surface area (Å²) in [5.74, 6) is -4.16. The fraction of sp³-hybridized carbons (Fsp3) is 0.200. The lowest BCUT2D eigenvalue weighted by Crippen LogP contribution is -2.28. The maximum atomic E-state index is 12.2. The highest BCUT2D eigenvalue weighted by molar-refractivity contribution is 6.42. The highest BCUT2D eigenvalue weighted by Gasteiger charge is 2.44. The Morgan fingerprint density at radius 2 is 1.94 bits per heavy atom. The third-order valence-corrected chi connectivity index (χ3v) is 2.80. The van der Waals surface area contributed by atoms with Crippen LogP contribution < -0.4 is 0 Å². The molecule has 1 atom stereocenters. The first kappa shape index (κ1) is 13.8. The Morgan fingerprint density at radius 1 is 1.35 bits per heavy atom. The quantitative estimate of drug-likeness (QED) is 0.829. The van der Waals surface area contributed by atoms with Crippen LogP contribution in [-0.4, -0.2) is 12.0 Å². The van der Waals surface area contributed by atoms with Gasteiger partial charge in [-0.2, -0.15) is 18.4 Å². The number of Topliss-reactive ketones (excluding diaryl/α,β-unsaturated/α-hetero) is 1. The second kappa shape index (κ2) is 4.94. The molecule has 2 nitrogen and oxygen atoms in total. The molecule has 0 radical (unpaired) electrons. The molecular weight excluding hydrogens is 278 g/mol. The van der Waals surface area contributed by atoms with Crippen molar-refractivity contribution in [2.24, 2.45) is 0 Å². The molecule has 0 spiro atoms. The SMILES string of the molecule is N#CC(C(=O)C(F)(F)F)c1cccc(Cl)c1Cl. The Balaban J connectivity index is 3.26. The van der Waals surface area contributed by atoms with Gasteiger partial charge >= 0.3 is 6.18 Å². The van der Waals surface area contributed by atoms with Gasteiger partial charge in [0.1, 0.15) is 5.92 Å². The lowest BCUT2D eigenvalue weighted by atomic mass is 9.96. The standard InChI is InChI=1S/C10H4Cl2F3NO/c11-7-3-1-2-5(8(7)12)6(4-16)9(17)10(13,14)15/h1-3,6H. The Bertz CT molecular complexity index is 493. The fourth-order valence-electron chi connectivity index (χ4n) is 1.18. The van der Waals surface area contributed by atoms with Crippen molar-refractivity contribution in [2.45, 2.75) is 12.1 Å². The highest BCUT2D eigenvalue weighted by Crippen LogP contribution is 2.34. The van der Waals surface area contributed by atoms with Crippen molar-refractivity contribution >= 4 is 29.0 Å². The maximum Gasteiger partial charge on any atom is 0.451 e. The smallest absolute Gasteiger partial charge is 0.288 e. The van der Waals surface area contributed by atoms with Crippen LogP contribution in [0.15, 0.2) is 18.2 Å². The Morgan fingerprint density at radius 3 is 2.41 bits per heavy atom. The molecule has 0 fully saturated rings. The van der Waals surface area contributed by atoms with E-state index in [0.717, 1.165) is 6.07 Å². The second-order valence-corrected chi connectivity index (χ2v) is 3.85. The highest BCUT2D eigenvalue weighted by atomic mass is 35.5. The number of ketones is 1. The summed E-state index contributed by atoms with van der Waals surface area (Å²) < 4.78 is 36.7. The van der Waals surface area contributed by atoms with Gasteiger partial charge in [0.2, 0.25) is 0 Å². The summed E-state index contributed by atoms with van der Waals surface area (Å²) in [4.78, 5) is 11.0. The number of alkyl halides is 3. The monoisotopic (exact) mass is 281 g/mol. The molecule has 1 aromatic carbocycles. The predicted octanol–water partition coefficient (Wildman–Crippen LogP) is 3.73. The van der Waals surface area contributed by atoms with E-state index in [2.05, 4.69) is 0 Å². The number of carbonyl (C=O) groups excluding carboxylic acids is 1. The van der Waals surface area contributed by atoms with Crippen LogP contribution in [0.1, 0.15) is 11.5 Å². The van der Waals surface area contributed by atoms with Crippen LogP contribution in [0.2, 0.25) is 10.0 Å². The van der Waals surface area contributed by atoms with Gasteiger partial charge in [0.05, 0.1) is 16.1 Å². The fourth-order valence-corrected chi connectivity index (χ4v) is 1.59. The summed E-state index contributed by atoms with van der Waals surface area (Å²) in [5, 5.41) is 8.42. The molecular formula is C10H4Cl2F3NO. The normalized spacial score (nSPS) is 12.9. The van der Waals surface area contributed by atoms with Crippen LogP contribution in [-0.2, 0) is 4.79 Å². The average molecular weight is 282 g/mol. The van der Waals surface area contributed by atoms with E-state index in [1.165, 1.54) is 18.2 Å². The number of hydrogen-bond donors (Lipinski definition) is 0. The van der Waals surface area contributed by atoms with Gasteiger partial charge in [-0.25, -0.2) is 0 Å². The van der Waals surface area contributed by atoms with E-state index >= 15 is 0 Å². The second-order valence-electron chi connectivity index (χ2n) is 3.07. The third-order valence-electron chi connectivity index (χ3n) is 1.96. The van der Waals surface area contributed by atoms with Crippen LogP contribution in [0.25, 0.3) is 0 Å². The number of nitriles is 1. The minimum absolute atomic E-state index is 0.0145. The summed E-state index contributed by atoms with van der Waals surface area (Å²) in [5.41, 5.74) is -0.246. The lowest BCUT2D eigenvalue weighted by molar-refractivity contribution is -0.171. The molecule has 0 heterocycles. The minimum Gasteiger partial charge on any atom is -0.288 e. The molecule has 1 rings (SSSR count). The zero-order chi connectivity index (χ0) is 13.2. The number of halogens is 5.